The van der Waals surface area contributed by atoms with Crippen LogP contribution in [0.15, 0.2) is 54.6 Å². The van der Waals surface area contributed by atoms with E-state index in [9.17, 15) is 4.79 Å². The molecule has 0 bridgehead atoms. The molecule has 0 spiro atoms. The average Bonchev–Trinajstić information content (AvgIpc) is 3.21. The van der Waals surface area contributed by atoms with Gasteiger partial charge in [0.15, 0.2) is 0 Å². The number of hydrogen-bond donors (Lipinski definition) is 0. The quantitative estimate of drug-likeness (QED) is 0.640. The minimum absolute atomic E-state index is 0.0539. The minimum Gasteiger partial charge on any atom is -0.494 e. The third kappa shape index (κ3) is 3.74. The average molecular weight is 416 g/mol. The summed E-state index contributed by atoms with van der Waals surface area (Å²) < 4.78 is 5.52. The van der Waals surface area contributed by atoms with Crippen molar-refractivity contribution in [2.24, 2.45) is 0 Å². The standard InChI is InChI=1S/C26H29N3O2/c1-3-31-22-9-7-19(8-10-22)26(30)29-12-11-21-17-20-5-4-6-24(23(20)18-25(21)29)28-15-13-27(2)14-16-28/h4-10,17-18H,3,11-16H2,1-2H3. The van der Waals surface area contributed by atoms with Crippen molar-refractivity contribution in [1.29, 1.82) is 0 Å². The molecule has 5 nitrogen and oxygen atoms in total. The van der Waals surface area contributed by atoms with Crippen molar-refractivity contribution in [3.05, 3.63) is 65.7 Å². The molecule has 5 heteroatoms. The Balaban J connectivity index is 1.48. The van der Waals surface area contributed by atoms with Crippen molar-refractivity contribution in [3.63, 3.8) is 0 Å². The highest BCUT2D eigenvalue weighted by atomic mass is 16.5. The first-order valence-corrected chi connectivity index (χ1v) is 11.2. The summed E-state index contributed by atoms with van der Waals surface area (Å²) in [6, 6.07) is 18.5. The smallest absolute Gasteiger partial charge is 0.258 e. The molecule has 5 rings (SSSR count). The van der Waals surface area contributed by atoms with Crippen LogP contribution in [0.3, 0.4) is 0 Å². The van der Waals surface area contributed by atoms with E-state index in [0.717, 1.165) is 50.6 Å². The van der Waals surface area contributed by atoms with Crippen LogP contribution < -0.4 is 14.5 Å². The number of ether oxygens (including phenoxy) is 1. The van der Waals surface area contributed by atoms with Crippen LogP contribution in [0.1, 0.15) is 22.8 Å². The zero-order chi connectivity index (χ0) is 21.4. The Kier molecular flexibility index (Phi) is 5.28. The van der Waals surface area contributed by atoms with Gasteiger partial charge in [0.05, 0.1) is 6.61 Å². The molecule has 0 atom stereocenters. The normalized spacial score (nSPS) is 16.6. The van der Waals surface area contributed by atoms with Gasteiger partial charge >= 0.3 is 0 Å². The SMILES string of the molecule is CCOc1ccc(C(=O)N2CCc3cc4cccc(N5CCN(C)CC5)c4cc32)cc1. The van der Waals surface area contributed by atoms with Gasteiger partial charge in [0.25, 0.3) is 5.91 Å². The van der Waals surface area contributed by atoms with Crippen molar-refractivity contribution in [3.8, 4) is 5.75 Å². The largest absolute Gasteiger partial charge is 0.494 e. The fourth-order valence-corrected chi connectivity index (χ4v) is 4.70. The van der Waals surface area contributed by atoms with Crippen LogP contribution in [-0.2, 0) is 6.42 Å². The Bertz CT molecular complexity index is 1100. The highest BCUT2D eigenvalue weighted by Crippen LogP contribution is 2.37. The zero-order valence-electron chi connectivity index (χ0n) is 18.3. The van der Waals surface area contributed by atoms with Gasteiger partial charge in [0, 0.05) is 55.0 Å². The molecule has 0 aliphatic carbocycles. The predicted molar refractivity (Wildman–Crippen MR) is 127 cm³/mol. The number of anilines is 2. The van der Waals surface area contributed by atoms with Crippen LogP contribution in [0.4, 0.5) is 11.4 Å². The summed E-state index contributed by atoms with van der Waals surface area (Å²) in [5.41, 5.74) is 4.27. The third-order valence-corrected chi connectivity index (χ3v) is 6.45. The van der Waals surface area contributed by atoms with E-state index in [1.165, 1.54) is 22.0 Å². The van der Waals surface area contributed by atoms with Gasteiger partial charge in [-0.15, -0.1) is 0 Å². The first kappa shape index (κ1) is 19.9. The van der Waals surface area contributed by atoms with E-state index in [2.05, 4.69) is 47.2 Å². The highest BCUT2D eigenvalue weighted by Gasteiger charge is 2.27. The van der Waals surface area contributed by atoms with Crippen molar-refractivity contribution in [2.75, 3.05) is 56.2 Å². The Morgan fingerprint density at radius 2 is 1.71 bits per heavy atom. The van der Waals surface area contributed by atoms with Crippen LogP contribution in [-0.4, -0.2) is 57.2 Å². The van der Waals surface area contributed by atoms with Gasteiger partial charge in [-0.25, -0.2) is 0 Å². The number of carbonyl (C=O) groups excluding carboxylic acids is 1. The first-order valence-electron chi connectivity index (χ1n) is 11.2. The van der Waals surface area contributed by atoms with Gasteiger partial charge < -0.3 is 19.4 Å². The molecule has 0 radical (unpaired) electrons. The third-order valence-electron chi connectivity index (χ3n) is 6.45. The van der Waals surface area contributed by atoms with Crippen molar-refractivity contribution in [2.45, 2.75) is 13.3 Å². The molecule has 2 heterocycles. The minimum atomic E-state index is 0.0539. The van der Waals surface area contributed by atoms with E-state index in [0.29, 0.717) is 12.2 Å². The van der Waals surface area contributed by atoms with Gasteiger partial charge in [-0.3, -0.25) is 4.79 Å². The number of carbonyl (C=O) groups is 1. The number of hydrogen-bond acceptors (Lipinski definition) is 4. The Morgan fingerprint density at radius 1 is 0.935 bits per heavy atom. The zero-order valence-corrected chi connectivity index (χ0v) is 18.3. The van der Waals surface area contributed by atoms with Crippen LogP contribution >= 0.6 is 0 Å². The summed E-state index contributed by atoms with van der Waals surface area (Å²) in [7, 11) is 2.18. The monoisotopic (exact) mass is 415 g/mol. The highest BCUT2D eigenvalue weighted by molar-refractivity contribution is 6.09. The van der Waals surface area contributed by atoms with Crippen LogP contribution in [0.25, 0.3) is 10.8 Å². The molecule has 1 amide bonds. The lowest BCUT2D eigenvalue weighted by Crippen LogP contribution is -2.44. The van der Waals surface area contributed by atoms with E-state index in [1.54, 1.807) is 0 Å². The van der Waals surface area contributed by atoms with Gasteiger partial charge in [0.1, 0.15) is 5.75 Å². The van der Waals surface area contributed by atoms with Crippen LogP contribution in [0, 0.1) is 0 Å². The van der Waals surface area contributed by atoms with Gasteiger partial charge in [-0.1, -0.05) is 12.1 Å². The molecular weight excluding hydrogens is 386 g/mol. The fourth-order valence-electron chi connectivity index (χ4n) is 4.70. The number of benzene rings is 3. The number of nitrogens with zero attached hydrogens (tertiary/aromatic N) is 3. The number of piperazine rings is 1. The molecule has 0 N–H and O–H groups in total. The van der Waals surface area contributed by atoms with Crippen molar-refractivity contribution in [1.82, 2.24) is 4.90 Å². The van der Waals surface area contributed by atoms with E-state index in [1.807, 2.05) is 36.1 Å². The first-order chi connectivity index (χ1) is 15.1. The second-order valence-corrected chi connectivity index (χ2v) is 8.43. The summed E-state index contributed by atoms with van der Waals surface area (Å²) in [5, 5.41) is 2.49. The van der Waals surface area contributed by atoms with Crippen molar-refractivity contribution >= 4 is 28.1 Å². The van der Waals surface area contributed by atoms with Crippen LogP contribution in [0.2, 0.25) is 0 Å². The van der Waals surface area contributed by atoms with Gasteiger partial charge in [-0.2, -0.15) is 0 Å². The van der Waals surface area contributed by atoms with Crippen LogP contribution in [0.5, 0.6) is 5.75 Å². The maximum absolute atomic E-state index is 13.3. The van der Waals surface area contributed by atoms with E-state index >= 15 is 0 Å². The summed E-state index contributed by atoms with van der Waals surface area (Å²) in [4.78, 5) is 20.1. The Morgan fingerprint density at radius 3 is 2.45 bits per heavy atom. The summed E-state index contributed by atoms with van der Waals surface area (Å²) in [5.74, 6) is 0.849. The lowest BCUT2D eigenvalue weighted by atomic mass is 10.0. The lowest BCUT2D eigenvalue weighted by molar-refractivity contribution is 0.0989. The Hall–Kier alpha value is -3.05. The molecule has 160 valence electrons. The Labute approximate surface area is 183 Å². The molecule has 0 saturated carbocycles. The molecule has 2 aliphatic heterocycles. The van der Waals surface area contributed by atoms with Gasteiger partial charge in [-0.05, 0) is 73.8 Å². The molecular formula is C26H29N3O2. The molecule has 2 aliphatic rings. The molecule has 1 fully saturated rings. The topological polar surface area (TPSA) is 36.0 Å². The maximum Gasteiger partial charge on any atom is 0.258 e. The lowest BCUT2D eigenvalue weighted by Gasteiger charge is -2.34. The maximum atomic E-state index is 13.3. The van der Waals surface area contributed by atoms with E-state index in [-0.39, 0.29) is 5.91 Å². The van der Waals surface area contributed by atoms with Crippen molar-refractivity contribution < 1.29 is 9.53 Å². The summed E-state index contributed by atoms with van der Waals surface area (Å²) in [6.07, 6.45) is 0.896. The number of fused-ring (bicyclic) bond motifs is 2. The molecule has 1 saturated heterocycles. The second-order valence-electron chi connectivity index (χ2n) is 8.43. The number of likely N-dealkylation sites (N-methyl/N-ethyl adjacent to an activating group) is 1. The molecule has 31 heavy (non-hydrogen) atoms. The van der Waals surface area contributed by atoms with E-state index < -0.39 is 0 Å². The molecule has 3 aromatic carbocycles. The van der Waals surface area contributed by atoms with E-state index in [4.69, 9.17) is 4.74 Å². The summed E-state index contributed by atoms with van der Waals surface area (Å²) >= 11 is 0. The molecule has 0 aromatic heterocycles. The predicted octanol–water partition coefficient (Wildman–Crippen LogP) is 4.19. The molecule has 0 unspecified atom stereocenters. The summed E-state index contributed by atoms with van der Waals surface area (Å²) in [6.45, 7) is 7.51. The number of amides is 1. The fraction of sp³-hybridized carbons (Fsp3) is 0.346. The molecule has 3 aromatic rings. The number of rotatable bonds is 4. The second kappa shape index (κ2) is 8.23. The van der Waals surface area contributed by atoms with Gasteiger partial charge in [0.2, 0.25) is 0 Å².